The molecule has 0 saturated carbocycles. The van der Waals surface area contributed by atoms with E-state index in [1.54, 1.807) is 0 Å². The van der Waals surface area contributed by atoms with Crippen molar-refractivity contribution in [1.29, 1.82) is 0 Å². The van der Waals surface area contributed by atoms with Crippen LogP contribution in [0.5, 0.6) is 0 Å². The van der Waals surface area contributed by atoms with Crippen LogP contribution in [0.2, 0.25) is 0 Å². The molecule has 1 fully saturated rings. The molecule has 1 saturated heterocycles. The highest BCUT2D eigenvalue weighted by molar-refractivity contribution is 5.48. The Kier molecular flexibility index (Phi) is 3.97. The molecule has 2 heterocycles. The molecule has 0 radical (unpaired) electrons. The van der Waals surface area contributed by atoms with Crippen molar-refractivity contribution in [2.24, 2.45) is 5.92 Å². The van der Waals surface area contributed by atoms with E-state index in [2.05, 4.69) is 12.2 Å². The summed E-state index contributed by atoms with van der Waals surface area (Å²) in [5.74, 6) is 2.71. The maximum atomic E-state index is 5.45. The standard InChI is InChI=1S/C15H23N3O/c1-2-7-16-15-12-4-3-5-13(12)17-14(18-15)9-11-6-8-19-10-11/h11H,2-10H2,1H3,(H,16,17,18). The largest absolute Gasteiger partial charge is 0.381 e. The minimum Gasteiger partial charge on any atom is -0.381 e. The van der Waals surface area contributed by atoms with Gasteiger partial charge in [-0.2, -0.15) is 0 Å². The van der Waals surface area contributed by atoms with Gasteiger partial charge in [-0.15, -0.1) is 0 Å². The van der Waals surface area contributed by atoms with Crippen LogP contribution < -0.4 is 5.32 Å². The van der Waals surface area contributed by atoms with Gasteiger partial charge in [-0.25, -0.2) is 9.97 Å². The van der Waals surface area contributed by atoms with Gasteiger partial charge in [-0.1, -0.05) is 6.92 Å². The van der Waals surface area contributed by atoms with Crippen LogP contribution in [0.3, 0.4) is 0 Å². The molecule has 1 aliphatic carbocycles. The van der Waals surface area contributed by atoms with Gasteiger partial charge in [0, 0.05) is 37.4 Å². The van der Waals surface area contributed by atoms with Crippen molar-refractivity contribution < 1.29 is 4.74 Å². The third-order valence-corrected chi connectivity index (χ3v) is 4.02. The van der Waals surface area contributed by atoms with E-state index in [1.807, 2.05) is 0 Å². The molecule has 1 aromatic rings. The van der Waals surface area contributed by atoms with Crippen LogP contribution in [-0.2, 0) is 24.0 Å². The van der Waals surface area contributed by atoms with Crippen LogP contribution in [0.25, 0.3) is 0 Å². The smallest absolute Gasteiger partial charge is 0.133 e. The number of hydrogen-bond acceptors (Lipinski definition) is 4. The maximum Gasteiger partial charge on any atom is 0.133 e. The molecule has 4 heteroatoms. The molecule has 1 atom stereocenters. The molecule has 0 aromatic carbocycles. The van der Waals surface area contributed by atoms with Gasteiger partial charge in [0.1, 0.15) is 11.6 Å². The predicted octanol–water partition coefficient (Wildman–Crippen LogP) is 2.37. The Morgan fingerprint density at radius 2 is 2.26 bits per heavy atom. The second kappa shape index (κ2) is 5.87. The third-order valence-electron chi connectivity index (χ3n) is 4.02. The summed E-state index contributed by atoms with van der Waals surface area (Å²) in [6, 6.07) is 0. The molecule has 4 nitrogen and oxygen atoms in total. The quantitative estimate of drug-likeness (QED) is 0.884. The molecule has 0 spiro atoms. The summed E-state index contributed by atoms with van der Waals surface area (Å²) in [7, 11) is 0. The SMILES string of the molecule is CCCNc1nc(CC2CCOC2)nc2c1CCC2. The van der Waals surface area contributed by atoms with E-state index >= 15 is 0 Å². The van der Waals surface area contributed by atoms with E-state index < -0.39 is 0 Å². The zero-order valence-corrected chi connectivity index (χ0v) is 11.7. The van der Waals surface area contributed by atoms with Crippen molar-refractivity contribution in [3.63, 3.8) is 0 Å². The monoisotopic (exact) mass is 261 g/mol. The van der Waals surface area contributed by atoms with Crippen LogP contribution in [0.1, 0.15) is 43.3 Å². The van der Waals surface area contributed by atoms with Crippen molar-refractivity contribution in [3.8, 4) is 0 Å². The molecular weight excluding hydrogens is 238 g/mol. The Hall–Kier alpha value is -1.16. The molecule has 1 aromatic heterocycles. The Morgan fingerprint density at radius 3 is 3.05 bits per heavy atom. The summed E-state index contributed by atoms with van der Waals surface area (Å²) >= 11 is 0. The van der Waals surface area contributed by atoms with Crippen LogP contribution in [-0.4, -0.2) is 29.7 Å². The van der Waals surface area contributed by atoms with Crippen molar-refractivity contribution in [1.82, 2.24) is 9.97 Å². The van der Waals surface area contributed by atoms with Gasteiger partial charge in [0.15, 0.2) is 0 Å². The minimum atomic E-state index is 0.610. The molecule has 1 N–H and O–H groups in total. The molecule has 104 valence electrons. The summed E-state index contributed by atoms with van der Waals surface area (Å²) < 4.78 is 5.45. The van der Waals surface area contributed by atoms with Gasteiger partial charge >= 0.3 is 0 Å². The first-order valence-corrected chi connectivity index (χ1v) is 7.57. The molecule has 2 aliphatic rings. The van der Waals surface area contributed by atoms with E-state index in [0.717, 1.165) is 63.5 Å². The summed E-state index contributed by atoms with van der Waals surface area (Å²) in [6.45, 7) is 4.95. The Balaban J connectivity index is 1.79. The van der Waals surface area contributed by atoms with Crippen molar-refractivity contribution >= 4 is 5.82 Å². The topological polar surface area (TPSA) is 47.0 Å². The number of fused-ring (bicyclic) bond motifs is 1. The molecule has 1 unspecified atom stereocenters. The molecule has 1 aliphatic heterocycles. The lowest BCUT2D eigenvalue weighted by Crippen LogP contribution is -2.13. The number of anilines is 1. The van der Waals surface area contributed by atoms with E-state index in [0.29, 0.717) is 5.92 Å². The summed E-state index contributed by atoms with van der Waals surface area (Å²) in [4.78, 5) is 9.55. The van der Waals surface area contributed by atoms with E-state index in [-0.39, 0.29) is 0 Å². The molecule has 0 bridgehead atoms. The third kappa shape index (κ3) is 2.89. The van der Waals surface area contributed by atoms with Gasteiger partial charge in [-0.05, 0) is 38.0 Å². The van der Waals surface area contributed by atoms with Crippen LogP contribution in [0, 0.1) is 5.92 Å². The number of rotatable bonds is 5. The lowest BCUT2D eigenvalue weighted by atomic mass is 10.0. The van der Waals surface area contributed by atoms with Crippen LogP contribution in [0.4, 0.5) is 5.82 Å². The van der Waals surface area contributed by atoms with Crippen molar-refractivity contribution in [2.45, 2.75) is 45.4 Å². The first-order chi connectivity index (χ1) is 9.36. The van der Waals surface area contributed by atoms with Gasteiger partial charge in [0.25, 0.3) is 0 Å². The average molecular weight is 261 g/mol. The highest BCUT2D eigenvalue weighted by Gasteiger charge is 2.22. The van der Waals surface area contributed by atoms with E-state index in [9.17, 15) is 0 Å². The second-order valence-corrected chi connectivity index (χ2v) is 5.63. The number of nitrogens with one attached hydrogen (secondary N) is 1. The summed E-state index contributed by atoms with van der Waals surface area (Å²) in [5.41, 5.74) is 2.64. The average Bonchev–Trinajstić information content (AvgIpc) is 3.06. The van der Waals surface area contributed by atoms with Gasteiger partial charge in [0.2, 0.25) is 0 Å². The first-order valence-electron chi connectivity index (χ1n) is 7.57. The normalized spacial score (nSPS) is 21.6. The van der Waals surface area contributed by atoms with E-state index in [4.69, 9.17) is 14.7 Å². The fraction of sp³-hybridized carbons (Fsp3) is 0.733. The zero-order valence-electron chi connectivity index (χ0n) is 11.7. The number of aromatic nitrogens is 2. The zero-order chi connectivity index (χ0) is 13.1. The number of aryl methyl sites for hydroxylation is 1. The molecule has 0 amide bonds. The van der Waals surface area contributed by atoms with Crippen molar-refractivity contribution in [3.05, 3.63) is 17.1 Å². The summed E-state index contributed by atoms with van der Waals surface area (Å²) in [5, 5.41) is 3.48. The predicted molar refractivity (Wildman–Crippen MR) is 75.5 cm³/mol. The second-order valence-electron chi connectivity index (χ2n) is 5.63. The van der Waals surface area contributed by atoms with Crippen LogP contribution in [0.15, 0.2) is 0 Å². The fourth-order valence-electron chi connectivity index (χ4n) is 2.97. The maximum absolute atomic E-state index is 5.45. The first kappa shape index (κ1) is 12.9. The molecule has 19 heavy (non-hydrogen) atoms. The Morgan fingerprint density at radius 1 is 1.32 bits per heavy atom. The Bertz CT molecular complexity index is 441. The minimum absolute atomic E-state index is 0.610. The fourth-order valence-corrected chi connectivity index (χ4v) is 2.97. The number of hydrogen-bond donors (Lipinski definition) is 1. The molecule has 3 rings (SSSR count). The van der Waals surface area contributed by atoms with Gasteiger partial charge in [0.05, 0.1) is 0 Å². The highest BCUT2D eigenvalue weighted by Crippen LogP contribution is 2.27. The molecular formula is C15H23N3O. The van der Waals surface area contributed by atoms with Crippen LogP contribution >= 0.6 is 0 Å². The van der Waals surface area contributed by atoms with Gasteiger partial charge < -0.3 is 10.1 Å². The lowest BCUT2D eigenvalue weighted by molar-refractivity contribution is 0.185. The van der Waals surface area contributed by atoms with E-state index in [1.165, 1.54) is 17.7 Å². The van der Waals surface area contributed by atoms with Crippen molar-refractivity contribution in [2.75, 3.05) is 25.1 Å². The number of nitrogens with zero attached hydrogens (tertiary/aromatic N) is 2. The summed E-state index contributed by atoms with van der Waals surface area (Å²) in [6.07, 6.45) is 6.72. The highest BCUT2D eigenvalue weighted by atomic mass is 16.5. The Labute approximate surface area is 115 Å². The van der Waals surface area contributed by atoms with Gasteiger partial charge in [-0.3, -0.25) is 0 Å². The number of ether oxygens (including phenoxy) is 1. The lowest BCUT2D eigenvalue weighted by Gasteiger charge is -2.13.